The summed E-state index contributed by atoms with van der Waals surface area (Å²) in [5.41, 5.74) is 5.36. The minimum Gasteiger partial charge on any atom is -0.393 e. The summed E-state index contributed by atoms with van der Waals surface area (Å²) < 4.78 is 0. The van der Waals surface area contributed by atoms with Gasteiger partial charge in [-0.2, -0.15) is 0 Å². The highest BCUT2D eigenvalue weighted by molar-refractivity contribution is 7.80. The van der Waals surface area contributed by atoms with E-state index in [1.54, 1.807) is 11.8 Å². The molecule has 0 aliphatic carbocycles. The van der Waals surface area contributed by atoms with Gasteiger partial charge in [0.2, 0.25) is 11.8 Å². The number of nitrogens with one attached hydrogen (secondary N) is 1. The van der Waals surface area contributed by atoms with Crippen LogP contribution in [0.4, 0.5) is 0 Å². The van der Waals surface area contributed by atoms with Crippen molar-refractivity contribution in [2.45, 2.75) is 26.2 Å². The Bertz CT molecular complexity index is 314. The van der Waals surface area contributed by atoms with Gasteiger partial charge in [-0.25, -0.2) is 0 Å². The molecule has 96 valence electrons. The lowest BCUT2D eigenvalue weighted by atomic mass is 10.1. The van der Waals surface area contributed by atoms with Gasteiger partial charge in [-0.3, -0.25) is 9.59 Å². The lowest BCUT2D eigenvalue weighted by molar-refractivity contribution is -0.133. The van der Waals surface area contributed by atoms with E-state index in [0.717, 1.165) is 25.9 Å². The summed E-state index contributed by atoms with van der Waals surface area (Å²) in [6.07, 6.45) is 3.26. The van der Waals surface area contributed by atoms with Crippen LogP contribution in [0.5, 0.6) is 0 Å². The van der Waals surface area contributed by atoms with Crippen LogP contribution in [0.3, 0.4) is 0 Å². The van der Waals surface area contributed by atoms with Crippen molar-refractivity contribution in [2.24, 2.45) is 11.7 Å². The lowest BCUT2D eigenvalue weighted by Gasteiger charge is -2.26. The quantitative estimate of drug-likeness (QED) is 0.697. The molecule has 0 aromatic rings. The smallest absolute Gasteiger partial charge is 0.241 e. The molecule has 1 saturated heterocycles. The van der Waals surface area contributed by atoms with E-state index >= 15 is 0 Å². The summed E-state index contributed by atoms with van der Waals surface area (Å²) >= 11 is 4.72. The van der Waals surface area contributed by atoms with Gasteiger partial charge in [-0.15, -0.1) is 0 Å². The molecule has 0 radical (unpaired) electrons. The van der Waals surface area contributed by atoms with Gasteiger partial charge in [0.05, 0.1) is 17.5 Å². The Balaban J connectivity index is 2.32. The molecule has 1 atom stereocenters. The van der Waals surface area contributed by atoms with Gasteiger partial charge in [0.25, 0.3) is 0 Å². The van der Waals surface area contributed by atoms with Crippen LogP contribution in [-0.2, 0) is 9.59 Å². The Morgan fingerprint density at radius 2 is 1.94 bits per heavy atom. The molecule has 2 amide bonds. The molecular weight excluding hydrogens is 238 g/mol. The monoisotopic (exact) mass is 257 g/mol. The molecule has 1 aliphatic heterocycles. The SMILES string of the molecule is CC(C(=O)NCC(=O)N1CCCCC1)C(N)=S. The summed E-state index contributed by atoms with van der Waals surface area (Å²) in [5, 5.41) is 2.56. The number of carbonyl (C=O) groups excluding carboxylic acids is 2. The Morgan fingerprint density at radius 3 is 2.47 bits per heavy atom. The molecule has 0 spiro atoms. The van der Waals surface area contributed by atoms with Crippen molar-refractivity contribution in [3.05, 3.63) is 0 Å². The fourth-order valence-electron chi connectivity index (χ4n) is 1.70. The zero-order valence-electron chi connectivity index (χ0n) is 10.1. The van der Waals surface area contributed by atoms with Crippen molar-refractivity contribution in [3.63, 3.8) is 0 Å². The van der Waals surface area contributed by atoms with Crippen molar-refractivity contribution in [1.29, 1.82) is 0 Å². The third kappa shape index (κ3) is 4.30. The predicted molar refractivity (Wildman–Crippen MR) is 69.4 cm³/mol. The molecule has 0 saturated carbocycles. The molecule has 1 rings (SSSR count). The second kappa shape index (κ2) is 6.54. The first kappa shape index (κ1) is 13.9. The first-order valence-electron chi connectivity index (χ1n) is 5.87. The molecule has 1 heterocycles. The van der Waals surface area contributed by atoms with Gasteiger partial charge in [0.1, 0.15) is 0 Å². The average molecular weight is 257 g/mol. The first-order valence-corrected chi connectivity index (χ1v) is 6.28. The Morgan fingerprint density at radius 1 is 1.35 bits per heavy atom. The van der Waals surface area contributed by atoms with Crippen LogP contribution in [-0.4, -0.2) is 41.3 Å². The van der Waals surface area contributed by atoms with Crippen molar-refractivity contribution in [2.75, 3.05) is 19.6 Å². The number of piperidine rings is 1. The van der Waals surface area contributed by atoms with Crippen LogP contribution >= 0.6 is 12.2 Å². The molecule has 6 heteroatoms. The van der Waals surface area contributed by atoms with E-state index in [1.165, 1.54) is 6.42 Å². The molecule has 3 N–H and O–H groups in total. The predicted octanol–water partition coefficient (Wildman–Crippen LogP) is 0.0373. The third-order valence-corrected chi connectivity index (χ3v) is 3.30. The normalized spacial score (nSPS) is 17.4. The van der Waals surface area contributed by atoms with E-state index in [1.807, 2.05) is 0 Å². The number of nitrogens with zero attached hydrogens (tertiary/aromatic N) is 1. The molecule has 17 heavy (non-hydrogen) atoms. The number of thiocarbonyl (C=S) groups is 1. The topological polar surface area (TPSA) is 75.4 Å². The van der Waals surface area contributed by atoms with E-state index in [-0.39, 0.29) is 23.3 Å². The maximum Gasteiger partial charge on any atom is 0.241 e. The molecule has 0 aromatic carbocycles. The van der Waals surface area contributed by atoms with Gasteiger partial charge in [-0.05, 0) is 26.2 Å². The molecule has 1 fully saturated rings. The average Bonchev–Trinajstić information content (AvgIpc) is 2.35. The van der Waals surface area contributed by atoms with E-state index < -0.39 is 5.92 Å². The van der Waals surface area contributed by atoms with Gasteiger partial charge in [0.15, 0.2) is 0 Å². The van der Waals surface area contributed by atoms with Gasteiger partial charge >= 0.3 is 0 Å². The van der Waals surface area contributed by atoms with Crippen LogP contribution < -0.4 is 11.1 Å². The molecular formula is C11H19N3O2S. The number of amides is 2. The fraction of sp³-hybridized carbons (Fsp3) is 0.727. The number of carbonyl (C=O) groups is 2. The Kier molecular flexibility index (Phi) is 5.34. The zero-order valence-corrected chi connectivity index (χ0v) is 10.9. The molecule has 1 unspecified atom stereocenters. The van der Waals surface area contributed by atoms with E-state index in [0.29, 0.717) is 0 Å². The Labute approximate surface area is 107 Å². The largest absolute Gasteiger partial charge is 0.393 e. The molecule has 0 bridgehead atoms. The summed E-state index contributed by atoms with van der Waals surface area (Å²) in [5.74, 6) is -0.852. The van der Waals surface area contributed by atoms with Crippen LogP contribution in [0.15, 0.2) is 0 Å². The number of nitrogens with two attached hydrogens (primary N) is 1. The summed E-state index contributed by atoms with van der Waals surface area (Å²) in [6, 6.07) is 0. The summed E-state index contributed by atoms with van der Waals surface area (Å²) in [7, 11) is 0. The zero-order chi connectivity index (χ0) is 12.8. The number of rotatable bonds is 4. The van der Waals surface area contributed by atoms with Crippen molar-refractivity contribution >= 4 is 29.0 Å². The number of hydrogen-bond donors (Lipinski definition) is 2. The fourth-order valence-corrected chi connectivity index (χ4v) is 1.81. The van der Waals surface area contributed by atoms with Crippen LogP contribution in [0.2, 0.25) is 0 Å². The van der Waals surface area contributed by atoms with Gasteiger partial charge in [-0.1, -0.05) is 12.2 Å². The minimum atomic E-state index is -0.529. The van der Waals surface area contributed by atoms with E-state index in [2.05, 4.69) is 5.32 Å². The van der Waals surface area contributed by atoms with Gasteiger partial charge in [0, 0.05) is 13.1 Å². The molecule has 5 nitrogen and oxygen atoms in total. The highest BCUT2D eigenvalue weighted by Gasteiger charge is 2.19. The summed E-state index contributed by atoms with van der Waals surface area (Å²) in [6.45, 7) is 3.24. The van der Waals surface area contributed by atoms with Crippen molar-refractivity contribution < 1.29 is 9.59 Å². The third-order valence-electron chi connectivity index (χ3n) is 2.94. The molecule has 0 aromatic heterocycles. The lowest BCUT2D eigenvalue weighted by Crippen LogP contribution is -2.45. The first-order chi connectivity index (χ1) is 8.02. The Hall–Kier alpha value is -1.17. The number of likely N-dealkylation sites (tertiary alicyclic amines) is 1. The maximum absolute atomic E-state index is 11.7. The second-order valence-corrected chi connectivity index (χ2v) is 4.75. The van der Waals surface area contributed by atoms with E-state index in [9.17, 15) is 9.59 Å². The standard InChI is InChI=1S/C11H19N3O2S/c1-8(10(12)17)11(16)13-7-9(15)14-5-3-2-4-6-14/h8H,2-7H2,1H3,(H2,12,17)(H,13,16). The highest BCUT2D eigenvalue weighted by Crippen LogP contribution is 2.08. The van der Waals surface area contributed by atoms with Crippen LogP contribution in [0.25, 0.3) is 0 Å². The van der Waals surface area contributed by atoms with Crippen LogP contribution in [0, 0.1) is 5.92 Å². The van der Waals surface area contributed by atoms with Gasteiger partial charge < -0.3 is 16.0 Å². The highest BCUT2D eigenvalue weighted by atomic mass is 32.1. The van der Waals surface area contributed by atoms with Crippen LogP contribution in [0.1, 0.15) is 26.2 Å². The van der Waals surface area contributed by atoms with Crippen molar-refractivity contribution in [3.8, 4) is 0 Å². The second-order valence-electron chi connectivity index (χ2n) is 4.28. The van der Waals surface area contributed by atoms with E-state index in [4.69, 9.17) is 18.0 Å². The molecule has 1 aliphatic rings. The maximum atomic E-state index is 11.7. The summed E-state index contributed by atoms with van der Waals surface area (Å²) in [4.78, 5) is 25.2. The number of hydrogen-bond acceptors (Lipinski definition) is 3. The minimum absolute atomic E-state index is 0.0335. The van der Waals surface area contributed by atoms with Crippen molar-refractivity contribution in [1.82, 2.24) is 10.2 Å².